The zero-order valence-corrected chi connectivity index (χ0v) is 33.8. The van der Waals surface area contributed by atoms with Gasteiger partial charge in [-0.05, 0) is 62.6 Å². The molecule has 12 N–H and O–H groups in total. The molecule has 3 rings (SSSR count). The van der Waals surface area contributed by atoms with Crippen molar-refractivity contribution in [2.75, 3.05) is 39.3 Å². The predicted molar refractivity (Wildman–Crippen MR) is 210 cm³/mol. The Morgan fingerprint density at radius 2 is 1.33 bits per heavy atom. The number of phenols is 1. The van der Waals surface area contributed by atoms with E-state index in [-0.39, 0.29) is 50.4 Å². The topological polar surface area (TPSA) is 339 Å². The summed E-state index contributed by atoms with van der Waals surface area (Å²) in [5.74, 6) is -7.44. The van der Waals surface area contributed by atoms with E-state index in [0.29, 0.717) is 18.4 Å². The number of phenolic OH excluding ortho intramolecular Hbond substituents is 1. The molecule has 0 saturated carbocycles. The number of benzene rings is 1. The Bertz CT molecular complexity index is 1730. The Morgan fingerprint density at radius 1 is 0.733 bits per heavy atom. The number of aliphatic hydroxyl groups excluding tert-OH is 2. The van der Waals surface area contributed by atoms with Gasteiger partial charge in [-0.2, -0.15) is 0 Å². The molecule has 2 heterocycles. The zero-order valence-electron chi connectivity index (χ0n) is 33.8. The molecule has 0 unspecified atom stereocenters. The molecule has 1 aromatic carbocycles. The molecule has 0 spiro atoms. The lowest BCUT2D eigenvalue weighted by molar-refractivity contribution is -0.143. The quantitative estimate of drug-likeness (QED) is 0.0556. The number of nitrogens with zero attached hydrogens (tertiary/aromatic N) is 2. The third-order valence-electron chi connectivity index (χ3n) is 9.95. The monoisotopic (exact) mass is 847 g/mol. The minimum Gasteiger partial charge on any atom is -0.508 e. The van der Waals surface area contributed by atoms with Crippen molar-refractivity contribution < 1.29 is 63.6 Å². The number of nitrogens with two attached hydrogens (primary N) is 1. The summed E-state index contributed by atoms with van der Waals surface area (Å²) < 4.78 is 0. The molecule has 2 fully saturated rings. The molecule has 0 radical (unpaired) electrons. The second kappa shape index (κ2) is 23.1. The first kappa shape index (κ1) is 48.5. The van der Waals surface area contributed by atoms with E-state index in [1.807, 2.05) is 0 Å². The Kier molecular flexibility index (Phi) is 18.6. The Balaban J connectivity index is 1.67. The highest BCUT2D eigenvalue weighted by atomic mass is 16.4. The third kappa shape index (κ3) is 14.4. The second-order valence-electron chi connectivity index (χ2n) is 15.2. The van der Waals surface area contributed by atoms with Gasteiger partial charge in [-0.25, -0.2) is 0 Å². The van der Waals surface area contributed by atoms with Gasteiger partial charge in [0.05, 0.1) is 25.8 Å². The fourth-order valence-corrected chi connectivity index (χ4v) is 6.76. The van der Waals surface area contributed by atoms with Gasteiger partial charge < -0.3 is 67.9 Å². The lowest BCUT2D eigenvalue weighted by Crippen LogP contribution is -2.59. The molecule has 1 aromatic rings. The molecule has 2 saturated heterocycles. The predicted octanol–water partition coefficient (Wildman–Crippen LogP) is -4.45. The molecule has 332 valence electrons. The largest absolute Gasteiger partial charge is 0.508 e. The maximum absolute atomic E-state index is 13.6. The first-order valence-electron chi connectivity index (χ1n) is 19.7. The number of carboxylic acid groups (broad SMARTS) is 1. The Hall–Kier alpha value is -5.87. The molecular weight excluding hydrogens is 790 g/mol. The first-order chi connectivity index (χ1) is 28.3. The van der Waals surface area contributed by atoms with Crippen LogP contribution < -0.4 is 37.6 Å². The SMILES string of the molecule is CC(C)C[C@H](NC(=O)CNC(=O)[C@H](Cc1ccc(O)cc1)NC(=O)[C@@H]1CCCN1C(=O)CNC(=O)[C@@H](N)[C@@H](C)O)C(=O)N[C@@H](CO)C(=O)N1CCC[C@H]1C(=O)NCC(=O)O. The van der Waals surface area contributed by atoms with E-state index in [4.69, 9.17) is 10.8 Å². The van der Waals surface area contributed by atoms with Gasteiger partial charge in [0.2, 0.25) is 47.3 Å². The summed E-state index contributed by atoms with van der Waals surface area (Å²) in [5, 5.41) is 52.9. The van der Waals surface area contributed by atoms with Crippen molar-refractivity contribution >= 4 is 53.2 Å². The average Bonchev–Trinajstić information content (AvgIpc) is 3.91. The van der Waals surface area contributed by atoms with E-state index < -0.39 is 122 Å². The maximum atomic E-state index is 13.6. The summed E-state index contributed by atoms with van der Waals surface area (Å²) in [7, 11) is 0. The van der Waals surface area contributed by atoms with E-state index in [1.165, 1.54) is 36.1 Å². The average molecular weight is 848 g/mol. The molecule has 2 aliphatic heterocycles. The molecule has 0 bridgehead atoms. The van der Waals surface area contributed by atoms with Crippen LogP contribution in [-0.4, -0.2) is 165 Å². The minimum absolute atomic E-state index is 0.0441. The summed E-state index contributed by atoms with van der Waals surface area (Å²) in [6.07, 6.45) is 0.170. The van der Waals surface area contributed by atoms with Gasteiger partial charge in [-0.1, -0.05) is 26.0 Å². The summed E-state index contributed by atoms with van der Waals surface area (Å²) in [4.78, 5) is 118. The van der Waals surface area contributed by atoms with Gasteiger partial charge >= 0.3 is 5.97 Å². The van der Waals surface area contributed by atoms with Gasteiger partial charge in [0.25, 0.3) is 0 Å². The number of aromatic hydroxyl groups is 1. The van der Waals surface area contributed by atoms with Crippen LogP contribution in [0.4, 0.5) is 0 Å². The number of amides is 8. The number of aliphatic hydroxyl groups is 2. The van der Waals surface area contributed by atoms with Crippen LogP contribution in [0.25, 0.3) is 0 Å². The van der Waals surface area contributed by atoms with Crippen LogP contribution in [0, 0.1) is 5.92 Å². The molecule has 2 aliphatic rings. The Labute approximate surface area is 346 Å². The number of carboxylic acids is 1. The minimum atomic E-state index is -1.50. The van der Waals surface area contributed by atoms with Gasteiger partial charge in [-0.3, -0.25) is 43.2 Å². The molecule has 7 atom stereocenters. The normalized spacial score (nSPS) is 18.6. The number of likely N-dealkylation sites (tertiary alicyclic amines) is 2. The van der Waals surface area contributed by atoms with Crippen LogP contribution in [0.5, 0.6) is 5.75 Å². The highest BCUT2D eigenvalue weighted by Crippen LogP contribution is 2.20. The summed E-state index contributed by atoms with van der Waals surface area (Å²) >= 11 is 0. The van der Waals surface area contributed by atoms with Crippen LogP contribution in [0.2, 0.25) is 0 Å². The third-order valence-corrected chi connectivity index (χ3v) is 9.95. The number of hydrogen-bond acceptors (Lipinski definition) is 13. The van der Waals surface area contributed by atoms with Crippen molar-refractivity contribution in [1.82, 2.24) is 41.7 Å². The van der Waals surface area contributed by atoms with E-state index in [0.717, 1.165) is 4.90 Å². The van der Waals surface area contributed by atoms with Crippen molar-refractivity contribution in [1.29, 1.82) is 0 Å². The standard InChI is InChI=1S/C38H57N9O13/c1-20(2)14-24(34(56)45-26(19-48)38(60)47-13-5-6-27(47)35(57)42-18-31(53)54)43-29(51)16-40-33(55)25(15-22-8-10-23(50)11-9-22)44-36(58)28-7-4-12-46(28)30(52)17-41-37(59)32(39)21(3)49/h8-11,20-21,24-28,32,48-50H,4-7,12-19,39H2,1-3H3,(H,40,55)(H,41,59)(H,42,57)(H,43,51)(H,44,58)(H,45,56)(H,53,54)/t21-,24+,25+,26+,27+,28+,32+/m1/s1. The summed E-state index contributed by atoms with van der Waals surface area (Å²) in [6.45, 7) is 2.51. The summed E-state index contributed by atoms with van der Waals surface area (Å²) in [5.41, 5.74) is 6.14. The smallest absolute Gasteiger partial charge is 0.322 e. The van der Waals surface area contributed by atoms with Crippen LogP contribution in [0.15, 0.2) is 24.3 Å². The van der Waals surface area contributed by atoms with E-state index in [1.54, 1.807) is 13.8 Å². The first-order valence-corrected chi connectivity index (χ1v) is 19.7. The molecule has 8 amide bonds. The van der Waals surface area contributed by atoms with Gasteiger partial charge in [0.15, 0.2) is 0 Å². The molecular formula is C38H57N9O13. The van der Waals surface area contributed by atoms with Gasteiger partial charge in [0.1, 0.15) is 48.5 Å². The van der Waals surface area contributed by atoms with E-state index in [9.17, 15) is 58.5 Å². The highest BCUT2D eigenvalue weighted by molar-refractivity contribution is 5.97. The number of rotatable bonds is 21. The number of nitrogens with one attached hydrogen (secondary N) is 6. The number of aliphatic carboxylic acids is 1. The van der Waals surface area contributed by atoms with E-state index in [2.05, 4.69) is 31.9 Å². The number of carbonyl (C=O) groups is 9. The lowest BCUT2D eigenvalue weighted by atomic mass is 10.0. The van der Waals surface area contributed by atoms with Crippen LogP contribution >= 0.6 is 0 Å². The summed E-state index contributed by atoms with van der Waals surface area (Å²) in [6, 6.07) is -1.50. The molecule has 60 heavy (non-hydrogen) atoms. The van der Waals surface area contributed by atoms with Crippen LogP contribution in [-0.2, 0) is 49.6 Å². The molecule has 22 nitrogen and oxygen atoms in total. The van der Waals surface area contributed by atoms with Crippen LogP contribution in [0.1, 0.15) is 58.4 Å². The fourth-order valence-electron chi connectivity index (χ4n) is 6.76. The van der Waals surface area contributed by atoms with Gasteiger partial charge in [0, 0.05) is 19.5 Å². The van der Waals surface area contributed by atoms with Crippen molar-refractivity contribution in [3.05, 3.63) is 29.8 Å². The molecule has 0 aliphatic carbocycles. The van der Waals surface area contributed by atoms with Gasteiger partial charge in [-0.15, -0.1) is 0 Å². The maximum Gasteiger partial charge on any atom is 0.322 e. The van der Waals surface area contributed by atoms with Crippen molar-refractivity contribution in [2.24, 2.45) is 11.7 Å². The molecule has 0 aromatic heterocycles. The van der Waals surface area contributed by atoms with Crippen LogP contribution in [0.3, 0.4) is 0 Å². The second-order valence-corrected chi connectivity index (χ2v) is 15.2. The number of hydrogen-bond donors (Lipinski definition) is 11. The molecule has 22 heteroatoms. The highest BCUT2D eigenvalue weighted by Gasteiger charge is 2.39. The van der Waals surface area contributed by atoms with Crippen molar-refractivity contribution in [3.8, 4) is 5.75 Å². The zero-order chi connectivity index (χ0) is 44.7. The lowest BCUT2D eigenvalue weighted by Gasteiger charge is -2.29. The van der Waals surface area contributed by atoms with Crippen molar-refractivity contribution in [2.45, 2.75) is 102 Å². The Morgan fingerprint density at radius 3 is 1.92 bits per heavy atom. The van der Waals surface area contributed by atoms with Crippen molar-refractivity contribution in [3.63, 3.8) is 0 Å². The number of carbonyl (C=O) groups excluding carboxylic acids is 8. The van der Waals surface area contributed by atoms with E-state index >= 15 is 0 Å². The fraction of sp³-hybridized carbons (Fsp3) is 0.605.